The van der Waals surface area contributed by atoms with Gasteiger partial charge in [0.1, 0.15) is 17.1 Å². The van der Waals surface area contributed by atoms with Gasteiger partial charge >= 0.3 is 6.03 Å². The lowest BCUT2D eigenvalue weighted by molar-refractivity contribution is -0.122. The van der Waals surface area contributed by atoms with Crippen LogP contribution in [0.3, 0.4) is 0 Å². The summed E-state index contributed by atoms with van der Waals surface area (Å²) < 4.78 is 12.0. The number of hydrogen-bond donors (Lipinski definition) is 1. The quantitative estimate of drug-likeness (QED) is 0.332. The zero-order valence-corrected chi connectivity index (χ0v) is 18.9. The fourth-order valence-electron chi connectivity index (χ4n) is 3.00. The summed E-state index contributed by atoms with van der Waals surface area (Å²) in [6.07, 6.45) is 3.30. The van der Waals surface area contributed by atoms with E-state index in [2.05, 4.69) is 28.2 Å². The minimum Gasteiger partial charge on any atom is -0.494 e. The number of ether oxygens (including phenoxy) is 2. The number of barbiturate groups is 1. The van der Waals surface area contributed by atoms with E-state index in [9.17, 15) is 14.4 Å². The van der Waals surface area contributed by atoms with Crippen LogP contribution in [0, 0.1) is 0 Å². The molecule has 162 valence electrons. The molecule has 0 unspecified atom stereocenters. The molecule has 1 N–H and O–H groups in total. The molecule has 1 aliphatic rings. The van der Waals surface area contributed by atoms with E-state index in [1.165, 1.54) is 6.08 Å². The summed E-state index contributed by atoms with van der Waals surface area (Å²) >= 11 is 3.40. The summed E-state index contributed by atoms with van der Waals surface area (Å²) in [5, 5.41) is 2.23. The number of anilines is 1. The van der Waals surface area contributed by atoms with Gasteiger partial charge in [-0.05, 0) is 61.9 Å². The third-order valence-electron chi connectivity index (χ3n) is 4.53. The van der Waals surface area contributed by atoms with E-state index in [4.69, 9.17) is 9.47 Å². The van der Waals surface area contributed by atoms with Crippen molar-refractivity contribution in [2.45, 2.75) is 26.7 Å². The second-order valence-electron chi connectivity index (χ2n) is 6.77. The van der Waals surface area contributed by atoms with E-state index in [0.717, 1.165) is 22.2 Å². The van der Waals surface area contributed by atoms with Gasteiger partial charge in [-0.2, -0.15) is 0 Å². The Bertz CT molecular complexity index is 1020. The SMILES string of the molecule is CCCCOc1ccc(Br)cc1/C=C1\C(=O)NC(=O)N(c2ccc(OCC)cc2)C1=O. The smallest absolute Gasteiger partial charge is 0.335 e. The molecule has 1 fully saturated rings. The monoisotopic (exact) mass is 486 g/mol. The average Bonchev–Trinajstić information content (AvgIpc) is 2.74. The lowest BCUT2D eigenvalue weighted by Gasteiger charge is -2.26. The molecule has 0 spiro atoms. The minimum absolute atomic E-state index is 0.160. The van der Waals surface area contributed by atoms with Crippen molar-refractivity contribution in [3.05, 3.63) is 58.1 Å². The average molecular weight is 487 g/mol. The van der Waals surface area contributed by atoms with Crippen LogP contribution in [0.4, 0.5) is 10.5 Å². The molecule has 0 saturated carbocycles. The van der Waals surface area contributed by atoms with E-state index in [1.54, 1.807) is 36.4 Å². The van der Waals surface area contributed by atoms with Crippen LogP contribution in [0.1, 0.15) is 32.3 Å². The summed E-state index contributed by atoms with van der Waals surface area (Å²) in [6.45, 7) is 4.94. The standard InChI is InChI=1S/C23H23BrN2O5/c1-3-5-12-31-20-11-6-16(24)13-15(20)14-19-21(27)25-23(29)26(22(19)28)17-7-9-18(10-8-17)30-4-2/h6-11,13-14H,3-5,12H2,1-2H3,(H,25,27,29)/b19-14+. The molecule has 1 saturated heterocycles. The van der Waals surface area contributed by atoms with Gasteiger partial charge in [-0.3, -0.25) is 14.9 Å². The minimum atomic E-state index is -0.801. The number of nitrogens with zero attached hydrogens (tertiary/aromatic N) is 1. The maximum absolute atomic E-state index is 13.1. The number of carbonyl (C=O) groups excluding carboxylic acids is 3. The van der Waals surface area contributed by atoms with Crippen LogP contribution >= 0.6 is 15.9 Å². The maximum Gasteiger partial charge on any atom is 0.335 e. The number of hydrogen-bond acceptors (Lipinski definition) is 5. The molecule has 3 rings (SSSR count). The van der Waals surface area contributed by atoms with Gasteiger partial charge < -0.3 is 9.47 Å². The number of nitrogens with one attached hydrogen (secondary N) is 1. The van der Waals surface area contributed by atoms with Gasteiger partial charge in [-0.25, -0.2) is 9.69 Å². The van der Waals surface area contributed by atoms with Crippen LogP contribution in [0.5, 0.6) is 11.5 Å². The van der Waals surface area contributed by atoms with E-state index in [1.807, 2.05) is 13.0 Å². The van der Waals surface area contributed by atoms with Crippen molar-refractivity contribution < 1.29 is 23.9 Å². The van der Waals surface area contributed by atoms with Crippen molar-refractivity contribution in [1.82, 2.24) is 5.32 Å². The van der Waals surface area contributed by atoms with Crippen LogP contribution in [-0.2, 0) is 9.59 Å². The molecule has 7 nitrogen and oxygen atoms in total. The van der Waals surface area contributed by atoms with Gasteiger partial charge in [0.2, 0.25) is 0 Å². The number of unbranched alkanes of at least 4 members (excludes halogenated alkanes) is 1. The lowest BCUT2D eigenvalue weighted by atomic mass is 10.1. The highest BCUT2D eigenvalue weighted by atomic mass is 79.9. The summed E-state index contributed by atoms with van der Waals surface area (Å²) in [5.41, 5.74) is 0.731. The Hall–Kier alpha value is -3.13. The topological polar surface area (TPSA) is 84.9 Å². The molecule has 8 heteroatoms. The molecule has 1 heterocycles. The highest BCUT2D eigenvalue weighted by molar-refractivity contribution is 9.10. The first-order chi connectivity index (χ1) is 14.9. The molecule has 1 aliphatic heterocycles. The molecule has 0 aliphatic carbocycles. The number of urea groups is 1. The van der Waals surface area contributed by atoms with Crippen LogP contribution in [0.15, 0.2) is 52.5 Å². The first kappa shape index (κ1) is 22.6. The molecule has 0 atom stereocenters. The molecule has 4 amide bonds. The Morgan fingerprint density at radius 3 is 2.45 bits per heavy atom. The predicted molar refractivity (Wildman–Crippen MR) is 121 cm³/mol. The number of rotatable bonds is 8. The second-order valence-corrected chi connectivity index (χ2v) is 7.68. The molecular weight excluding hydrogens is 464 g/mol. The molecule has 2 aromatic carbocycles. The highest BCUT2D eigenvalue weighted by Gasteiger charge is 2.37. The molecule has 0 aromatic heterocycles. The third-order valence-corrected chi connectivity index (χ3v) is 5.03. The van der Waals surface area contributed by atoms with E-state index in [0.29, 0.717) is 36.0 Å². The second kappa shape index (κ2) is 10.3. The van der Waals surface area contributed by atoms with Crippen molar-refractivity contribution in [2.24, 2.45) is 0 Å². The Labute approximate surface area is 189 Å². The van der Waals surface area contributed by atoms with Gasteiger partial charge in [0.05, 0.1) is 18.9 Å². The van der Waals surface area contributed by atoms with Crippen molar-refractivity contribution in [1.29, 1.82) is 0 Å². The van der Waals surface area contributed by atoms with Crippen molar-refractivity contribution in [3.8, 4) is 11.5 Å². The Balaban J connectivity index is 1.95. The van der Waals surface area contributed by atoms with Crippen molar-refractivity contribution in [2.75, 3.05) is 18.1 Å². The van der Waals surface area contributed by atoms with Crippen LogP contribution in [0.25, 0.3) is 6.08 Å². The first-order valence-corrected chi connectivity index (χ1v) is 10.8. The summed E-state index contributed by atoms with van der Waals surface area (Å²) in [7, 11) is 0. The summed E-state index contributed by atoms with van der Waals surface area (Å²) in [5.74, 6) is -0.297. The first-order valence-electron chi connectivity index (χ1n) is 10.0. The van der Waals surface area contributed by atoms with Crippen molar-refractivity contribution >= 4 is 45.5 Å². The Morgan fingerprint density at radius 1 is 1.03 bits per heavy atom. The summed E-state index contributed by atoms with van der Waals surface area (Å²) in [4.78, 5) is 38.9. The van der Waals surface area contributed by atoms with Crippen LogP contribution < -0.4 is 19.7 Å². The lowest BCUT2D eigenvalue weighted by Crippen LogP contribution is -2.54. The molecule has 0 radical (unpaired) electrons. The zero-order valence-electron chi connectivity index (χ0n) is 17.3. The summed E-state index contributed by atoms with van der Waals surface area (Å²) in [6, 6.07) is 11.1. The van der Waals surface area contributed by atoms with Gasteiger partial charge in [0, 0.05) is 10.0 Å². The zero-order chi connectivity index (χ0) is 22.4. The van der Waals surface area contributed by atoms with E-state index >= 15 is 0 Å². The van der Waals surface area contributed by atoms with Gasteiger partial charge in [0.25, 0.3) is 11.8 Å². The Kier molecular flexibility index (Phi) is 7.46. The molecule has 2 aromatic rings. The largest absolute Gasteiger partial charge is 0.494 e. The normalized spacial score (nSPS) is 15.3. The molecule has 0 bridgehead atoms. The van der Waals surface area contributed by atoms with Gasteiger partial charge in [-0.1, -0.05) is 29.3 Å². The fourth-order valence-corrected chi connectivity index (χ4v) is 3.37. The fraction of sp³-hybridized carbons (Fsp3) is 0.261. The van der Waals surface area contributed by atoms with Crippen molar-refractivity contribution in [3.63, 3.8) is 0 Å². The van der Waals surface area contributed by atoms with E-state index in [-0.39, 0.29) is 5.57 Å². The van der Waals surface area contributed by atoms with Gasteiger partial charge in [0.15, 0.2) is 0 Å². The number of imide groups is 2. The Morgan fingerprint density at radius 2 is 1.77 bits per heavy atom. The van der Waals surface area contributed by atoms with E-state index < -0.39 is 17.8 Å². The van der Waals surface area contributed by atoms with Gasteiger partial charge in [-0.15, -0.1) is 0 Å². The highest BCUT2D eigenvalue weighted by Crippen LogP contribution is 2.29. The van der Waals surface area contributed by atoms with Crippen LogP contribution in [-0.4, -0.2) is 31.1 Å². The number of halogens is 1. The number of carbonyl (C=O) groups is 3. The number of amides is 4. The number of benzene rings is 2. The van der Waals surface area contributed by atoms with Crippen LogP contribution in [0.2, 0.25) is 0 Å². The predicted octanol–water partition coefficient (Wildman–Crippen LogP) is 4.69. The molecule has 31 heavy (non-hydrogen) atoms. The molecular formula is C23H23BrN2O5. The third kappa shape index (κ3) is 5.32. The maximum atomic E-state index is 13.1.